The Bertz CT molecular complexity index is 1520. The van der Waals surface area contributed by atoms with E-state index >= 15 is 0 Å². The zero-order valence-electron chi connectivity index (χ0n) is 18.9. The molecule has 0 bridgehead atoms. The third-order valence-corrected chi connectivity index (χ3v) is 7.00. The van der Waals surface area contributed by atoms with Gasteiger partial charge in [-0.1, -0.05) is 36.0 Å². The van der Waals surface area contributed by atoms with Gasteiger partial charge in [0.25, 0.3) is 5.91 Å². The number of para-hydroxylation sites is 1. The van der Waals surface area contributed by atoms with Crippen molar-refractivity contribution in [2.75, 3.05) is 17.8 Å². The standard InChI is InChI=1S/C25H18N4O5S2/c1-33-18-11-9-17(10-12-18)29-22(24(32)34-27-29)21(30)15-36-25-26-20(14-19-8-5-13-35-19)23(31)28(25)16-6-3-2-4-7-16/h2-14H,15H2,1H3/p+1/b20-14+. The highest BCUT2D eigenvalue weighted by Crippen LogP contribution is 2.30. The number of carbonyl (C=O) groups excluding carboxylic acids is 2. The highest BCUT2D eigenvalue weighted by molar-refractivity contribution is 8.14. The van der Waals surface area contributed by atoms with Gasteiger partial charge < -0.3 is 4.74 Å². The monoisotopic (exact) mass is 519 g/mol. The quantitative estimate of drug-likeness (QED) is 0.227. The number of ketones is 1. The molecule has 1 amide bonds. The number of hydrogen-bond donors (Lipinski definition) is 1. The predicted molar refractivity (Wildman–Crippen MR) is 138 cm³/mol. The lowest BCUT2D eigenvalue weighted by Crippen LogP contribution is -2.41. The number of amides is 1. The largest absolute Gasteiger partial charge is 0.497 e. The molecule has 2 aromatic heterocycles. The normalized spacial score (nSPS) is 14.4. The molecule has 0 radical (unpaired) electrons. The molecule has 2 aromatic carbocycles. The van der Waals surface area contributed by atoms with Crippen LogP contribution in [-0.4, -0.2) is 35.0 Å². The van der Waals surface area contributed by atoms with Gasteiger partial charge in [0, 0.05) is 17.0 Å². The van der Waals surface area contributed by atoms with E-state index in [0.29, 0.717) is 22.3 Å². The summed E-state index contributed by atoms with van der Waals surface area (Å²) in [6, 6.07) is 19.6. The van der Waals surface area contributed by atoms with Gasteiger partial charge in [0.2, 0.25) is 11.5 Å². The second-order valence-corrected chi connectivity index (χ2v) is 9.41. The number of benzene rings is 2. The minimum Gasteiger partial charge on any atom is -0.497 e. The van der Waals surface area contributed by atoms with Crippen molar-refractivity contribution in [3.05, 3.63) is 98.8 Å². The van der Waals surface area contributed by atoms with Crippen molar-refractivity contribution in [3.8, 4) is 11.4 Å². The number of nitrogens with one attached hydrogen (secondary N) is 1. The van der Waals surface area contributed by atoms with E-state index in [1.807, 2.05) is 35.7 Å². The maximum Gasteiger partial charge on any atom is 0.438 e. The fraction of sp³-hybridized carbons (Fsp3) is 0.0800. The highest BCUT2D eigenvalue weighted by atomic mass is 32.2. The molecule has 0 saturated heterocycles. The molecule has 1 aliphatic heterocycles. The molecule has 1 N–H and O–H groups in total. The summed E-state index contributed by atoms with van der Waals surface area (Å²) < 4.78 is 11.3. The number of anilines is 1. The molecular weight excluding hydrogens is 500 g/mol. The average Bonchev–Trinajstić information content (AvgIpc) is 3.63. The summed E-state index contributed by atoms with van der Waals surface area (Å²) >= 11 is 2.57. The van der Waals surface area contributed by atoms with E-state index in [1.165, 1.54) is 20.9 Å². The molecule has 0 aliphatic carbocycles. The molecule has 0 spiro atoms. The Kier molecular flexibility index (Phi) is 6.65. The van der Waals surface area contributed by atoms with Gasteiger partial charge >= 0.3 is 11.3 Å². The van der Waals surface area contributed by atoms with Crippen LogP contribution >= 0.6 is 23.1 Å². The van der Waals surface area contributed by atoms with Crippen molar-refractivity contribution in [1.82, 2.24) is 5.27 Å². The SMILES string of the molecule is COc1ccc(-[n+]2[nH]oc(=O)c2C(=O)CSC2=N/C(=C/c3cccs3)C(=O)N2c2ccccc2)cc1. The van der Waals surface area contributed by atoms with Crippen LogP contribution in [0.3, 0.4) is 0 Å². The third kappa shape index (κ3) is 4.66. The Balaban J connectivity index is 1.42. The highest BCUT2D eigenvalue weighted by Gasteiger charge is 2.35. The number of Topliss-reactive ketones (excluding diaryl/α,β-unsaturated/α-hetero) is 1. The van der Waals surface area contributed by atoms with Crippen LogP contribution in [0.5, 0.6) is 5.75 Å². The molecule has 9 nitrogen and oxygen atoms in total. The first-order chi connectivity index (χ1) is 17.5. The van der Waals surface area contributed by atoms with Crippen LogP contribution in [0.25, 0.3) is 11.8 Å². The lowest BCUT2D eigenvalue weighted by molar-refractivity contribution is -0.672. The minimum absolute atomic E-state index is 0.138. The van der Waals surface area contributed by atoms with Crippen molar-refractivity contribution in [2.45, 2.75) is 0 Å². The molecular formula is C25H19N4O5S2+. The van der Waals surface area contributed by atoms with Gasteiger partial charge in [0.15, 0.2) is 5.17 Å². The van der Waals surface area contributed by atoms with E-state index in [1.54, 1.807) is 49.6 Å². The molecule has 0 saturated carbocycles. The molecule has 0 unspecified atom stereocenters. The summed E-state index contributed by atoms with van der Waals surface area (Å²) in [5, 5.41) is 4.73. The average molecular weight is 520 g/mol. The van der Waals surface area contributed by atoms with Crippen molar-refractivity contribution in [2.24, 2.45) is 4.99 Å². The number of hydrogen-bond acceptors (Lipinski definition) is 8. The number of nitrogens with zero attached hydrogens (tertiary/aromatic N) is 3. The molecule has 5 rings (SSSR count). The maximum atomic E-state index is 13.2. The van der Waals surface area contributed by atoms with Gasteiger partial charge in [0.05, 0.1) is 18.6 Å². The number of amidine groups is 1. The van der Waals surface area contributed by atoms with Crippen molar-refractivity contribution in [3.63, 3.8) is 0 Å². The summed E-state index contributed by atoms with van der Waals surface area (Å²) in [5.74, 6) is -0.283. The summed E-state index contributed by atoms with van der Waals surface area (Å²) in [7, 11) is 1.55. The zero-order valence-corrected chi connectivity index (χ0v) is 20.5. The number of thioether (sulfide) groups is 1. The molecule has 1 aliphatic rings. The number of H-pyrrole nitrogens is 1. The summed E-state index contributed by atoms with van der Waals surface area (Å²) in [5.41, 5.74) is 0.462. The third-order valence-electron chi connectivity index (χ3n) is 5.24. The van der Waals surface area contributed by atoms with Crippen LogP contribution in [0, 0.1) is 0 Å². The number of methoxy groups -OCH3 is 1. The fourth-order valence-electron chi connectivity index (χ4n) is 3.53. The number of aromatic nitrogens is 2. The molecule has 0 fully saturated rings. The van der Waals surface area contributed by atoms with E-state index in [2.05, 4.69) is 10.3 Å². The first-order valence-corrected chi connectivity index (χ1v) is 12.6. The number of thiophene rings is 1. The van der Waals surface area contributed by atoms with E-state index in [9.17, 15) is 14.4 Å². The van der Waals surface area contributed by atoms with Gasteiger partial charge in [-0.2, -0.15) is 0 Å². The Morgan fingerprint density at radius 2 is 1.92 bits per heavy atom. The van der Waals surface area contributed by atoms with E-state index in [0.717, 1.165) is 16.6 Å². The summed E-state index contributed by atoms with van der Waals surface area (Å²) in [4.78, 5) is 45.6. The topological polar surface area (TPSA) is 109 Å². The van der Waals surface area contributed by atoms with Gasteiger partial charge in [-0.05, 0) is 51.7 Å². The number of aliphatic imine (C=N–C) groups is 1. The van der Waals surface area contributed by atoms with Gasteiger partial charge in [-0.3, -0.25) is 19.0 Å². The second-order valence-electron chi connectivity index (χ2n) is 7.49. The van der Waals surface area contributed by atoms with Crippen molar-refractivity contribution < 1.29 is 23.5 Å². The van der Waals surface area contributed by atoms with Crippen LogP contribution in [0.15, 0.2) is 92.1 Å². The Morgan fingerprint density at radius 1 is 1.14 bits per heavy atom. The summed E-state index contributed by atoms with van der Waals surface area (Å²) in [6.07, 6.45) is 1.72. The van der Waals surface area contributed by atoms with Crippen LogP contribution in [0.4, 0.5) is 5.69 Å². The Labute approximate surface area is 213 Å². The zero-order chi connectivity index (χ0) is 25.1. The Hall–Kier alpha value is -4.22. The van der Waals surface area contributed by atoms with Gasteiger partial charge in [0.1, 0.15) is 11.4 Å². The first-order valence-electron chi connectivity index (χ1n) is 10.7. The number of carbonyl (C=O) groups is 2. The molecule has 0 atom stereocenters. The smallest absolute Gasteiger partial charge is 0.438 e. The second kappa shape index (κ2) is 10.2. The number of rotatable bonds is 7. The lowest BCUT2D eigenvalue weighted by atomic mass is 10.2. The van der Waals surface area contributed by atoms with E-state index in [4.69, 9.17) is 9.26 Å². The minimum atomic E-state index is -0.793. The van der Waals surface area contributed by atoms with Gasteiger partial charge in [-0.25, -0.2) is 9.79 Å². The number of ether oxygens (including phenoxy) is 1. The van der Waals surface area contributed by atoms with E-state index in [-0.39, 0.29) is 23.1 Å². The van der Waals surface area contributed by atoms with Crippen molar-refractivity contribution in [1.29, 1.82) is 0 Å². The Morgan fingerprint density at radius 3 is 2.61 bits per heavy atom. The maximum absolute atomic E-state index is 13.2. The summed E-state index contributed by atoms with van der Waals surface area (Å²) in [6.45, 7) is 0. The molecule has 4 aromatic rings. The number of aromatic amines is 1. The van der Waals surface area contributed by atoms with Crippen molar-refractivity contribution >= 4 is 51.7 Å². The van der Waals surface area contributed by atoms with E-state index < -0.39 is 11.4 Å². The van der Waals surface area contributed by atoms with Crippen LogP contribution in [-0.2, 0) is 4.79 Å². The van der Waals surface area contributed by atoms with Crippen LogP contribution in [0.2, 0.25) is 0 Å². The molecule has 180 valence electrons. The molecule has 36 heavy (non-hydrogen) atoms. The first kappa shape index (κ1) is 23.5. The fourth-order valence-corrected chi connectivity index (χ4v) is 5.06. The predicted octanol–water partition coefficient (Wildman–Crippen LogP) is 3.67. The van der Waals surface area contributed by atoms with Crippen LogP contribution in [0.1, 0.15) is 15.4 Å². The lowest BCUT2D eigenvalue weighted by Gasteiger charge is -2.17. The molecule has 11 heteroatoms. The molecule has 3 heterocycles. The van der Waals surface area contributed by atoms with Gasteiger partial charge in [-0.15, -0.1) is 11.3 Å². The van der Waals surface area contributed by atoms with Crippen LogP contribution < -0.4 is 19.9 Å².